The Hall–Kier alpha value is -1.22. The summed E-state index contributed by atoms with van der Waals surface area (Å²) in [6.07, 6.45) is 2.73. The predicted octanol–water partition coefficient (Wildman–Crippen LogP) is -4.03. The van der Waals surface area contributed by atoms with Crippen LogP contribution in [0.2, 0.25) is 0 Å². The first-order valence-electron chi connectivity index (χ1n) is 5.57. The molecule has 1 saturated heterocycles. The number of hydrogen-bond donors (Lipinski definition) is 0. The SMILES string of the molecule is [Na+].[O-]c1cn(-c2cc(N3CCOCC3)ncn2)nn1. The summed E-state index contributed by atoms with van der Waals surface area (Å²) in [4.78, 5) is 10.4. The summed E-state index contributed by atoms with van der Waals surface area (Å²) in [7, 11) is 0. The van der Waals surface area contributed by atoms with E-state index in [1.807, 2.05) is 0 Å². The first-order chi connectivity index (χ1) is 8.83. The summed E-state index contributed by atoms with van der Waals surface area (Å²) in [5.41, 5.74) is 0. The molecule has 1 fully saturated rings. The molecule has 2 aromatic heterocycles. The van der Waals surface area contributed by atoms with E-state index in [1.54, 1.807) is 6.07 Å². The molecule has 8 nitrogen and oxygen atoms in total. The molecule has 94 valence electrons. The third-order valence-corrected chi connectivity index (χ3v) is 2.68. The molecule has 0 spiro atoms. The summed E-state index contributed by atoms with van der Waals surface area (Å²) < 4.78 is 6.63. The minimum absolute atomic E-state index is 0. The van der Waals surface area contributed by atoms with Crippen LogP contribution in [0.1, 0.15) is 0 Å². The molecule has 0 atom stereocenters. The predicted molar refractivity (Wildman–Crippen MR) is 59.4 cm³/mol. The smallest absolute Gasteiger partial charge is 0.856 e. The number of morpholine rings is 1. The van der Waals surface area contributed by atoms with E-state index >= 15 is 0 Å². The number of aromatic nitrogens is 5. The summed E-state index contributed by atoms with van der Waals surface area (Å²) >= 11 is 0. The van der Waals surface area contributed by atoms with Crippen LogP contribution in [0.5, 0.6) is 5.88 Å². The van der Waals surface area contributed by atoms with Crippen LogP contribution in [-0.2, 0) is 4.74 Å². The Morgan fingerprint density at radius 3 is 2.58 bits per heavy atom. The van der Waals surface area contributed by atoms with E-state index in [0.717, 1.165) is 18.9 Å². The van der Waals surface area contributed by atoms with Crippen molar-refractivity contribution in [1.82, 2.24) is 25.0 Å². The number of ether oxygens (including phenoxy) is 1. The van der Waals surface area contributed by atoms with Crippen molar-refractivity contribution in [2.24, 2.45) is 0 Å². The second-order valence-electron chi connectivity index (χ2n) is 3.84. The number of rotatable bonds is 2. The van der Waals surface area contributed by atoms with Gasteiger partial charge in [0.15, 0.2) is 5.82 Å². The molecule has 2 aromatic rings. The van der Waals surface area contributed by atoms with Crippen molar-refractivity contribution < 1.29 is 39.4 Å². The van der Waals surface area contributed by atoms with Crippen LogP contribution in [0, 0.1) is 0 Å². The Morgan fingerprint density at radius 2 is 1.89 bits per heavy atom. The molecule has 0 amide bonds. The molecule has 1 aliphatic rings. The fourth-order valence-corrected chi connectivity index (χ4v) is 1.79. The molecule has 0 aromatic carbocycles. The van der Waals surface area contributed by atoms with E-state index in [9.17, 15) is 5.11 Å². The van der Waals surface area contributed by atoms with Gasteiger partial charge in [0.2, 0.25) is 0 Å². The van der Waals surface area contributed by atoms with Gasteiger partial charge in [-0.25, -0.2) is 14.6 Å². The zero-order valence-electron chi connectivity index (χ0n) is 10.6. The molecular weight excluding hydrogens is 259 g/mol. The second kappa shape index (κ2) is 6.29. The number of nitrogens with zero attached hydrogens (tertiary/aromatic N) is 6. The third kappa shape index (κ3) is 3.21. The topological polar surface area (TPSA) is 92.0 Å². The number of anilines is 1. The van der Waals surface area contributed by atoms with E-state index in [4.69, 9.17) is 4.74 Å². The standard InChI is InChI=1S/C10H12N6O2.Na/c17-10-6-16(14-13-10)9-5-8(11-7-12-9)15-1-3-18-4-2-15;/h5-7,17H,1-4H2;/q;+1/p-1. The molecule has 1 aliphatic heterocycles. The van der Waals surface area contributed by atoms with Gasteiger partial charge in [-0.1, -0.05) is 5.21 Å². The maximum Gasteiger partial charge on any atom is 1.00 e. The van der Waals surface area contributed by atoms with Gasteiger partial charge in [0.05, 0.1) is 13.2 Å². The summed E-state index contributed by atoms with van der Waals surface area (Å²) in [6.45, 7) is 2.96. The molecule has 0 aliphatic carbocycles. The van der Waals surface area contributed by atoms with Gasteiger partial charge in [-0.3, -0.25) is 0 Å². The maximum absolute atomic E-state index is 11.0. The fraction of sp³-hybridized carbons (Fsp3) is 0.400. The Labute approximate surface area is 131 Å². The van der Waals surface area contributed by atoms with Crippen molar-refractivity contribution >= 4 is 5.82 Å². The Bertz CT molecular complexity index is 542. The Balaban J connectivity index is 0.00000133. The zero-order valence-corrected chi connectivity index (χ0v) is 12.6. The van der Waals surface area contributed by atoms with Gasteiger partial charge in [0.25, 0.3) is 0 Å². The van der Waals surface area contributed by atoms with Crippen LogP contribution in [0.15, 0.2) is 18.6 Å². The van der Waals surface area contributed by atoms with Gasteiger partial charge in [-0.15, -0.1) is 5.10 Å². The quantitative estimate of drug-likeness (QED) is 0.513. The number of hydrogen-bond acceptors (Lipinski definition) is 7. The normalized spacial score (nSPS) is 15.1. The van der Waals surface area contributed by atoms with Gasteiger partial charge >= 0.3 is 29.6 Å². The Morgan fingerprint density at radius 1 is 1.16 bits per heavy atom. The van der Waals surface area contributed by atoms with Crippen molar-refractivity contribution in [1.29, 1.82) is 0 Å². The van der Waals surface area contributed by atoms with Gasteiger partial charge < -0.3 is 14.7 Å². The van der Waals surface area contributed by atoms with Crippen LogP contribution < -0.4 is 39.6 Å². The summed E-state index contributed by atoms with van der Waals surface area (Å²) in [5, 5.41) is 18.1. The largest absolute Gasteiger partial charge is 1.00 e. The van der Waals surface area contributed by atoms with Crippen molar-refractivity contribution in [2.75, 3.05) is 31.2 Å². The minimum atomic E-state index is -0.387. The minimum Gasteiger partial charge on any atom is -0.856 e. The van der Waals surface area contributed by atoms with Crippen LogP contribution in [0.25, 0.3) is 5.82 Å². The molecular formula is C10H11N6NaO2. The monoisotopic (exact) mass is 270 g/mol. The van der Waals surface area contributed by atoms with Crippen molar-refractivity contribution in [2.45, 2.75) is 0 Å². The fourth-order valence-electron chi connectivity index (χ4n) is 1.79. The van der Waals surface area contributed by atoms with Gasteiger partial charge in [-0.2, -0.15) is 0 Å². The van der Waals surface area contributed by atoms with E-state index in [-0.39, 0.29) is 35.4 Å². The molecule has 3 rings (SSSR count). The Kier molecular flexibility index (Phi) is 4.70. The van der Waals surface area contributed by atoms with Crippen molar-refractivity contribution in [3.63, 3.8) is 0 Å². The van der Waals surface area contributed by atoms with E-state index in [0.29, 0.717) is 19.0 Å². The van der Waals surface area contributed by atoms with Crippen LogP contribution >= 0.6 is 0 Å². The molecule has 0 saturated carbocycles. The molecule has 3 heterocycles. The summed E-state index contributed by atoms with van der Waals surface area (Å²) in [6, 6.07) is 1.78. The van der Waals surface area contributed by atoms with Crippen molar-refractivity contribution in [3.05, 3.63) is 18.6 Å². The van der Waals surface area contributed by atoms with Crippen LogP contribution in [0.3, 0.4) is 0 Å². The van der Waals surface area contributed by atoms with Crippen molar-refractivity contribution in [3.8, 4) is 11.7 Å². The van der Waals surface area contributed by atoms with Gasteiger partial charge in [0, 0.05) is 31.2 Å². The van der Waals surface area contributed by atoms with E-state index in [1.165, 1.54) is 17.2 Å². The zero-order chi connectivity index (χ0) is 12.4. The molecule has 0 N–H and O–H groups in total. The first kappa shape index (κ1) is 14.2. The first-order valence-corrected chi connectivity index (χ1v) is 5.57. The summed E-state index contributed by atoms with van der Waals surface area (Å²) in [5.74, 6) is 0.939. The second-order valence-corrected chi connectivity index (χ2v) is 3.84. The molecule has 0 bridgehead atoms. The average Bonchev–Trinajstić information content (AvgIpc) is 2.87. The molecule has 19 heavy (non-hydrogen) atoms. The molecule has 0 radical (unpaired) electrons. The van der Waals surface area contributed by atoms with E-state index < -0.39 is 0 Å². The van der Waals surface area contributed by atoms with Gasteiger partial charge in [-0.05, 0) is 0 Å². The molecule has 0 unspecified atom stereocenters. The average molecular weight is 270 g/mol. The maximum atomic E-state index is 11.0. The third-order valence-electron chi connectivity index (χ3n) is 2.68. The van der Waals surface area contributed by atoms with Crippen LogP contribution in [-0.4, -0.2) is 51.3 Å². The van der Waals surface area contributed by atoms with Gasteiger partial charge in [0.1, 0.15) is 12.1 Å². The van der Waals surface area contributed by atoms with Crippen LogP contribution in [0.4, 0.5) is 5.82 Å². The molecule has 9 heteroatoms. The van der Waals surface area contributed by atoms with E-state index in [2.05, 4.69) is 25.2 Å².